The Labute approximate surface area is 124 Å². The van der Waals surface area contributed by atoms with Gasteiger partial charge in [-0.1, -0.05) is 18.2 Å². The lowest BCUT2D eigenvalue weighted by atomic mass is 10.0. The highest BCUT2D eigenvalue weighted by atomic mass is 16.1. The molecule has 21 heavy (non-hydrogen) atoms. The molecule has 1 heterocycles. The third-order valence-corrected chi connectivity index (χ3v) is 4.38. The highest BCUT2D eigenvalue weighted by Gasteiger charge is 2.18. The van der Waals surface area contributed by atoms with Crippen LogP contribution in [0.15, 0.2) is 35.1 Å². The second-order valence-corrected chi connectivity index (χ2v) is 5.81. The van der Waals surface area contributed by atoms with Crippen molar-refractivity contribution in [3.63, 3.8) is 0 Å². The molecule has 0 spiro atoms. The summed E-state index contributed by atoms with van der Waals surface area (Å²) < 4.78 is 1.65. The van der Waals surface area contributed by atoms with Crippen molar-refractivity contribution in [1.29, 1.82) is 0 Å². The minimum Gasteiger partial charge on any atom is -0.305 e. The topological polar surface area (TPSA) is 39.1 Å². The van der Waals surface area contributed by atoms with Crippen molar-refractivity contribution in [3.05, 3.63) is 68.6 Å². The summed E-state index contributed by atoms with van der Waals surface area (Å²) in [6, 6.07) is 9.20. The number of carbonyl (C=O) groups excluding carboxylic acids is 1. The molecule has 3 heteroatoms. The van der Waals surface area contributed by atoms with Crippen molar-refractivity contribution >= 4 is 5.78 Å². The second kappa shape index (κ2) is 5.32. The van der Waals surface area contributed by atoms with Crippen molar-refractivity contribution in [1.82, 2.24) is 4.57 Å². The van der Waals surface area contributed by atoms with Gasteiger partial charge < -0.3 is 4.57 Å². The Balaban J connectivity index is 1.94. The molecule has 0 unspecified atom stereocenters. The summed E-state index contributed by atoms with van der Waals surface area (Å²) in [5, 5.41) is 0. The lowest BCUT2D eigenvalue weighted by Gasteiger charge is -2.11. The van der Waals surface area contributed by atoms with Crippen LogP contribution in [0, 0.1) is 13.8 Å². The zero-order chi connectivity index (χ0) is 15.0. The van der Waals surface area contributed by atoms with Crippen LogP contribution in [0.25, 0.3) is 0 Å². The van der Waals surface area contributed by atoms with Gasteiger partial charge in [0.1, 0.15) is 0 Å². The second-order valence-electron chi connectivity index (χ2n) is 5.81. The molecule has 0 radical (unpaired) electrons. The van der Waals surface area contributed by atoms with Gasteiger partial charge in [0.05, 0.1) is 6.54 Å². The van der Waals surface area contributed by atoms with E-state index < -0.39 is 0 Å². The highest BCUT2D eigenvalue weighted by Crippen LogP contribution is 2.20. The van der Waals surface area contributed by atoms with E-state index >= 15 is 0 Å². The lowest BCUT2D eigenvalue weighted by molar-refractivity contribution is 0.0969. The number of hydrogen-bond acceptors (Lipinski definition) is 2. The maximum Gasteiger partial charge on any atom is 0.251 e. The number of nitrogens with zero attached hydrogens (tertiary/aromatic N) is 1. The van der Waals surface area contributed by atoms with Crippen LogP contribution in [-0.4, -0.2) is 10.4 Å². The van der Waals surface area contributed by atoms with Gasteiger partial charge in [-0.2, -0.15) is 0 Å². The fourth-order valence-electron chi connectivity index (χ4n) is 2.96. The molecule has 0 fully saturated rings. The summed E-state index contributed by atoms with van der Waals surface area (Å²) in [5.74, 6) is 0.000463. The molecule has 0 amide bonds. The monoisotopic (exact) mass is 281 g/mol. The van der Waals surface area contributed by atoms with E-state index in [0.29, 0.717) is 5.56 Å². The number of hydrogen-bond donors (Lipinski definition) is 0. The number of ketones is 1. The minimum atomic E-state index is -0.0761. The quantitative estimate of drug-likeness (QED) is 0.812. The number of aryl methyl sites for hydroxylation is 3. The summed E-state index contributed by atoms with van der Waals surface area (Å²) in [6.45, 7) is 4.17. The molecule has 1 aromatic carbocycles. The van der Waals surface area contributed by atoms with Gasteiger partial charge in [-0.25, -0.2) is 0 Å². The van der Waals surface area contributed by atoms with Gasteiger partial charge in [-0.3, -0.25) is 9.59 Å². The van der Waals surface area contributed by atoms with Crippen molar-refractivity contribution in [3.8, 4) is 0 Å². The first-order valence-electron chi connectivity index (χ1n) is 7.38. The largest absolute Gasteiger partial charge is 0.305 e. The molecule has 1 aliphatic carbocycles. The predicted molar refractivity (Wildman–Crippen MR) is 83.0 cm³/mol. The van der Waals surface area contributed by atoms with Gasteiger partial charge in [0, 0.05) is 17.3 Å². The number of Topliss-reactive ketones (excluding diaryl/α,β-unsaturated/α-hetero) is 1. The molecule has 0 bridgehead atoms. The SMILES string of the molecule is Cc1ccc(C(=O)Cn2c3c(ccc2=O)CCC3)cc1C. The highest BCUT2D eigenvalue weighted by molar-refractivity contribution is 5.96. The van der Waals surface area contributed by atoms with E-state index in [-0.39, 0.29) is 17.9 Å². The standard InChI is InChI=1S/C18H19NO2/c1-12-6-7-15(10-13(12)2)17(20)11-19-16-5-3-4-14(16)8-9-18(19)21/h6-10H,3-5,11H2,1-2H3. The molecule has 0 N–H and O–H groups in total. The van der Waals surface area contributed by atoms with Crippen molar-refractivity contribution in [2.75, 3.05) is 0 Å². The van der Waals surface area contributed by atoms with Crippen molar-refractivity contribution in [2.45, 2.75) is 39.7 Å². The summed E-state index contributed by atoms with van der Waals surface area (Å²) in [7, 11) is 0. The number of benzene rings is 1. The van der Waals surface area contributed by atoms with Crippen LogP contribution in [0.3, 0.4) is 0 Å². The smallest absolute Gasteiger partial charge is 0.251 e. The van der Waals surface area contributed by atoms with Crippen LogP contribution in [0.4, 0.5) is 0 Å². The number of pyridine rings is 1. The summed E-state index contributed by atoms with van der Waals surface area (Å²) in [6.07, 6.45) is 2.97. The Hall–Kier alpha value is -2.16. The molecule has 3 nitrogen and oxygen atoms in total. The third kappa shape index (κ3) is 2.56. The fourth-order valence-corrected chi connectivity index (χ4v) is 2.96. The van der Waals surface area contributed by atoms with E-state index in [1.807, 2.05) is 38.1 Å². The van der Waals surface area contributed by atoms with Crippen LogP contribution < -0.4 is 5.56 Å². The van der Waals surface area contributed by atoms with Gasteiger partial charge >= 0.3 is 0 Å². The van der Waals surface area contributed by atoms with Crippen LogP contribution in [0.5, 0.6) is 0 Å². The van der Waals surface area contributed by atoms with E-state index in [2.05, 4.69) is 0 Å². The van der Waals surface area contributed by atoms with E-state index in [1.165, 1.54) is 11.1 Å². The van der Waals surface area contributed by atoms with Gasteiger partial charge in [0.15, 0.2) is 5.78 Å². The van der Waals surface area contributed by atoms with Gasteiger partial charge in [0.2, 0.25) is 0 Å². The molecular weight excluding hydrogens is 262 g/mol. The maximum atomic E-state index is 12.5. The average molecular weight is 281 g/mol. The lowest BCUT2D eigenvalue weighted by Crippen LogP contribution is -2.26. The van der Waals surface area contributed by atoms with E-state index in [4.69, 9.17) is 0 Å². The minimum absolute atomic E-state index is 0.000463. The maximum absolute atomic E-state index is 12.5. The summed E-state index contributed by atoms with van der Waals surface area (Å²) in [5.41, 5.74) is 5.13. The molecule has 0 saturated heterocycles. The third-order valence-electron chi connectivity index (χ3n) is 4.38. The first-order chi connectivity index (χ1) is 10.1. The van der Waals surface area contributed by atoms with Gasteiger partial charge in [0.25, 0.3) is 5.56 Å². The van der Waals surface area contributed by atoms with Crippen LogP contribution in [-0.2, 0) is 19.4 Å². The summed E-state index contributed by atoms with van der Waals surface area (Å²) in [4.78, 5) is 24.5. The molecular formula is C18H19NO2. The number of carbonyl (C=O) groups is 1. The van der Waals surface area contributed by atoms with Gasteiger partial charge in [-0.05, 0) is 55.9 Å². The molecule has 2 aromatic rings. The first-order valence-corrected chi connectivity index (χ1v) is 7.38. The Morgan fingerprint density at radius 3 is 2.67 bits per heavy atom. The zero-order valence-electron chi connectivity index (χ0n) is 12.5. The summed E-state index contributed by atoms with van der Waals surface area (Å²) >= 11 is 0. The normalized spacial score (nSPS) is 13.2. The Morgan fingerprint density at radius 1 is 1.10 bits per heavy atom. The molecule has 3 rings (SSSR count). The van der Waals surface area contributed by atoms with Crippen LogP contribution in [0.1, 0.15) is 39.2 Å². The van der Waals surface area contributed by atoms with E-state index in [1.54, 1.807) is 10.6 Å². The number of fused-ring (bicyclic) bond motifs is 1. The van der Waals surface area contributed by atoms with E-state index in [0.717, 1.165) is 30.5 Å². The van der Waals surface area contributed by atoms with Crippen LogP contribution in [0.2, 0.25) is 0 Å². The molecule has 0 aliphatic heterocycles. The number of aromatic nitrogens is 1. The molecule has 108 valence electrons. The Bertz CT molecular complexity index is 771. The van der Waals surface area contributed by atoms with Crippen LogP contribution >= 0.6 is 0 Å². The molecule has 0 saturated carbocycles. The number of rotatable bonds is 3. The molecule has 0 atom stereocenters. The molecule has 1 aliphatic rings. The predicted octanol–water partition coefficient (Wildman–Crippen LogP) is 2.84. The van der Waals surface area contributed by atoms with E-state index in [9.17, 15) is 9.59 Å². The average Bonchev–Trinajstić information content (AvgIpc) is 2.93. The Morgan fingerprint density at radius 2 is 1.90 bits per heavy atom. The molecule has 1 aromatic heterocycles. The Kier molecular flexibility index (Phi) is 3.50. The van der Waals surface area contributed by atoms with Crippen molar-refractivity contribution < 1.29 is 4.79 Å². The fraction of sp³-hybridized carbons (Fsp3) is 0.333. The zero-order valence-corrected chi connectivity index (χ0v) is 12.5. The van der Waals surface area contributed by atoms with Crippen molar-refractivity contribution in [2.24, 2.45) is 0 Å². The van der Waals surface area contributed by atoms with Gasteiger partial charge in [-0.15, -0.1) is 0 Å². The first kappa shape index (κ1) is 13.8.